The number of nitrogens with zero attached hydrogens (tertiary/aromatic N) is 2. The summed E-state index contributed by atoms with van der Waals surface area (Å²) < 4.78 is 6.97. The predicted molar refractivity (Wildman–Crippen MR) is 98.1 cm³/mol. The summed E-state index contributed by atoms with van der Waals surface area (Å²) in [6.45, 7) is 4.32. The molecule has 0 aliphatic rings. The van der Waals surface area contributed by atoms with Crippen LogP contribution in [0, 0.1) is 13.8 Å². The summed E-state index contributed by atoms with van der Waals surface area (Å²) in [6.07, 6.45) is 0. The Hall–Kier alpha value is -2.92. The van der Waals surface area contributed by atoms with Gasteiger partial charge in [0.2, 0.25) is 0 Å². The molecule has 0 saturated heterocycles. The van der Waals surface area contributed by atoms with Crippen LogP contribution in [0.1, 0.15) is 27.3 Å². The zero-order valence-corrected chi connectivity index (χ0v) is 14.6. The maximum Gasteiger partial charge on any atom is 0.255 e. The van der Waals surface area contributed by atoms with Gasteiger partial charge in [-0.05, 0) is 43.7 Å². The third-order valence-corrected chi connectivity index (χ3v) is 4.03. The highest BCUT2D eigenvalue weighted by molar-refractivity contribution is 6.05. The standard InChI is InChI=1S/C20H21N3O2/c1-14-19(15(2)23(22-14)18-10-5-4-6-11-18)21-20(24)17-9-7-8-16(12-17)13-25-3/h4-12H,13H2,1-3H3,(H,21,24). The molecule has 2 aromatic carbocycles. The number of benzene rings is 2. The van der Waals surface area contributed by atoms with Gasteiger partial charge in [-0.3, -0.25) is 4.79 Å². The molecule has 0 aliphatic carbocycles. The Balaban J connectivity index is 1.87. The van der Waals surface area contributed by atoms with Gasteiger partial charge in [0, 0.05) is 12.7 Å². The average molecular weight is 335 g/mol. The topological polar surface area (TPSA) is 56.1 Å². The molecule has 0 aliphatic heterocycles. The highest BCUT2D eigenvalue weighted by Gasteiger charge is 2.16. The van der Waals surface area contributed by atoms with Crippen molar-refractivity contribution in [3.05, 3.63) is 77.1 Å². The van der Waals surface area contributed by atoms with Crippen molar-refractivity contribution in [2.45, 2.75) is 20.5 Å². The molecule has 0 fully saturated rings. The van der Waals surface area contributed by atoms with Gasteiger partial charge < -0.3 is 10.1 Å². The van der Waals surface area contributed by atoms with E-state index in [0.717, 1.165) is 28.3 Å². The molecule has 1 amide bonds. The number of amides is 1. The first-order valence-electron chi connectivity index (χ1n) is 8.11. The zero-order valence-electron chi connectivity index (χ0n) is 14.6. The van der Waals surface area contributed by atoms with E-state index < -0.39 is 0 Å². The molecule has 0 radical (unpaired) electrons. The molecule has 128 valence electrons. The van der Waals surface area contributed by atoms with Crippen LogP contribution in [0.2, 0.25) is 0 Å². The molecule has 3 rings (SSSR count). The van der Waals surface area contributed by atoms with Crippen LogP contribution < -0.4 is 5.32 Å². The predicted octanol–water partition coefficient (Wildman–Crippen LogP) is 3.89. The van der Waals surface area contributed by atoms with Gasteiger partial charge in [0.25, 0.3) is 5.91 Å². The van der Waals surface area contributed by atoms with Crippen molar-refractivity contribution >= 4 is 11.6 Å². The van der Waals surface area contributed by atoms with Crippen LogP contribution in [0.15, 0.2) is 54.6 Å². The zero-order chi connectivity index (χ0) is 17.8. The van der Waals surface area contributed by atoms with Crippen LogP contribution in [0.4, 0.5) is 5.69 Å². The second-order valence-electron chi connectivity index (χ2n) is 5.88. The number of carbonyl (C=O) groups excluding carboxylic acids is 1. The smallest absolute Gasteiger partial charge is 0.255 e. The summed E-state index contributed by atoms with van der Waals surface area (Å²) >= 11 is 0. The summed E-state index contributed by atoms with van der Waals surface area (Å²) in [6, 6.07) is 17.3. The van der Waals surface area contributed by atoms with Crippen LogP contribution in [0.25, 0.3) is 5.69 Å². The van der Waals surface area contributed by atoms with Gasteiger partial charge in [-0.15, -0.1) is 0 Å². The number of anilines is 1. The molecular weight excluding hydrogens is 314 g/mol. The van der Waals surface area contributed by atoms with E-state index in [1.807, 2.05) is 67.1 Å². The Morgan fingerprint density at radius 1 is 1.12 bits per heavy atom. The van der Waals surface area contributed by atoms with E-state index in [9.17, 15) is 4.79 Å². The Labute approximate surface area is 147 Å². The van der Waals surface area contributed by atoms with E-state index in [-0.39, 0.29) is 5.91 Å². The molecular formula is C20H21N3O2. The quantitative estimate of drug-likeness (QED) is 0.769. The lowest BCUT2D eigenvalue weighted by Gasteiger charge is -2.08. The second-order valence-corrected chi connectivity index (χ2v) is 5.88. The number of hydrogen-bond acceptors (Lipinski definition) is 3. The number of para-hydroxylation sites is 1. The van der Waals surface area contributed by atoms with Crippen molar-refractivity contribution in [1.29, 1.82) is 0 Å². The van der Waals surface area contributed by atoms with Gasteiger partial charge in [-0.25, -0.2) is 4.68 Å². The molecule has 0 spiro atoms. The number of aromatic nitrogens is 2. The molecule has 5 heteroatoms. The monoisotopic (exact) mass is 335 g/mol. The number of rotatable bonds is 5. The maximum atomic E-state index is 12.6. The largest absolute Gasteiger partial charge is 0.380 e. The first kappa shape index (κ1) is 16.9. The molecule has 0 atom stereocenters. The van der Waals surface area contributed by atoms with Gasteiger partial charge in [-0.1, -0.05) is 30.3 Å². The minimum atomic E-state index is -0.156. The van der Waals surface area contributed by atoms with E-state index in [4.69, 9.17) is 4.74 Å². The number of hydrogen-bond donors (Lipinski definition) is 1. The van der Waals surface area contributed by atoms with Gasteiger partial charge >= 0.3 is 0 Å². The molecule has 1 aromatic heterocycles. The van der Waals surface area contributed by atoms with Crippen molar-refractivity contribution < 1.29 is 9.53 Å². The first-order chi connectivity index (χ1) is 12.1. The minimum absolute atomic E-state index is 0.156. The van der Waals surface area contributed by atoms with E-state index in [0.29, 0.717) is 12.2 Å². The summed E-state index contributed by atoms with van der Waals surface area (Å²) in [5.74, 6) is -0.156. The lowest BCUT2D eigenvalue weighted by molar-refractivity contribution is 0.102. The first-order valence-corrected chi connectivity index (χ1v) is 8.11. The van der Waals surface area contributed by atoms with Gasteiger partial charge in [-0.2, -0.15) is 5.10 Å². The molecule has 1 N–H and O–H groups in total. The molecule has 0 saturated carbocycles. The Kier molecular flexibility index (Phi) is 4.95. The average Bonchev–Trinajstić information content (AvgIpc) is 2.91. The van der Waals surface area contributed by atoms with Crippen molar-refractivity contribution in [2.75, 3.05) is 12.4 Å². The number of aryl methyl sites for hydroxylation is 1. The normalized spacial score (nSPS) is 10.7. The van der Waals surface area contributed by atoms with Crippen molar-refractivity contribution in [1.82, 2.24) is 9.78 Å². The molecule has 0 bridgehead atoms. The van der Waals surface area contributed by atoms with Gasteiger partial charge in [0.1, 0.15) is 0 Å². The van der Waals surface area contributed by atoms with Crippen molar-refractivity contribution in [3.8, 4) is 5.69 Å². The summed E-state index contributed by atoms with van der Waals surface area (Å²) in [5.41, 5.74) is 4.94. The van der Waals surface area contributed by atoms with Crippen molar-refractivity contribution in [3.63, 3.8) is 0 Å². The van der Waals surface area contributed by atoms with E-state index >= 15 is 0 Å². The lowest BCUT2D eigenvalue weighted by Crippen LogP contribution is -2.13. The molecule has 5 nitrogen and oxygen atoms in total. The Morgan fingerprint density at radius 3 is 2.60 bits per heavy atom. The summed E-state index contributed by atoms with van der Waals surface area (Å²) in [4.78, 5) is 12.6. The van der Waals surface area contributed by atoms with E-state index in [1.165, 1.54) is 0 Å². The van der Waals surface area contributed by atoms with Crippen LogP contribution in [0.5, 0.6) is 0 Å². The van der Waals surface area contributed by atoms with Gasteiger partial charge in [0.05, 0.1) is 29.4 Å². The van der Waals surface area contributed by atoms with Crippen LogP contribution >= 0.6 is 0 Å². The molecule has 0 unspecified atom stereocenters. The Bertz CT molecular complexity index is 885. The highest BCUT2D eigenvalue weighted by atomic mass is 16.5. The third kappa shape index (κ3) is 3.61. The second kappa shape index (κ2) is 7.32. The Morgan fingerprint density at radius 2 is 1.88 bits per heavy atom. The van der Waals surface area contributed by atoms with E-state index in [1.54, 1.807) is 13.2 Å². The fourth-order valence-corrected chi connectivity index (χ4v) is 2.80. The SMILES string of the molecule is COCc1cccc(C(=O)Nc2c(C)nn(-c3ccccc3)c2C)c1. The van der Waals surface area contributed by atoms with Crippen LogP contribution in [0.3, 0.4) is 0 Å². The molecule has 3 aromatic rings. The highest BCUT2D eigenvalue weighted by Crippen LogP contribution is 2.23. The van der Waals surface area contributed by atoms with Crippen LogP contribution in [-0.2, 0) is 11.3 Å². The summed E-state index contributed by atoms with van der Waals surface area (Å²) in [7, 11) is 1.64. The van der Waals surface area contributed by atoms with Crippen molar-refractivity contribution in [2.24, 2.45) is 0 Å². The third-order valence-electron chi connectivity index (χ3n) is 4.03. The number of nitrogens with one attached hydrogen (secondary N) is 1. The molecule has 1 heterocycles. The number of methoxy groups -OCH3 is 1. The van der Waals surface area contributed by atoms with Gasteiger partial charge in [0.15, 0.2) is 0 Å². The summed E-state index contributed by atoms with van der Waals surface area (Å²) in [5, 5.41) is 7.55. The number of ether oxygens (including phenoxy) is 1. The fraction of sp³-hybridized carbons (Fsp3) is 0.200. The fourth-order valence-electron chi connectivity index (χ4n) is 2.80. The minimum Gasteiger partial charge on any atom is -0.380 e. The van der Waals surface area contributed by atoms with E-state index in [2.05, 4.69) is 10.4 Å². The molecule has 25 heavy (non-hydrogen) atoms. The van der Waals surface area contributed by atoms with Crippen LogP contribution in [-0.4, -0.2) is 22.8 Å². The number of carbonyl (C=O) groups is 1. The lowest BCUT2D eigenvalue weighted by atomic mass is 10.1. The maximum absolute atomic E-state index is 12.6.